The molecule has 3 aromatic carbocycles. The van der Waals surface area contributed by atoms with Crippen LogP contribution in [0.1, 0.15) is 22.8 Å². The number of benzene rings is 3. The van der Waals surface area contributed by atoms with Crippen molar-refractivity contribution in [3.8, 4) is 0 Å². The number of thiazole rings is 1. The quantitative estimate of drug-likeness (QED) is 0.359. The van der Waals surface area contributed by atoms with Crippen LogP contribution in [0.3, 0.4) is 0 Å². The second kappa shape index (κ2) is 10.1. The Morgan fingerprint density at radius 2 is 1.91 bits per heavy atom. The SMILES string of the molecule is CCOC(=O)c1ccc2c(c1)sc(=NC(=O)Cc1cccc3ccccc13)n2CCSC. The highest BCUT2D eigenvalue weighted by Crippen LogP contribution is 2.21. The van der Waals surface area contributed by atoms with Crippen molar-refractivity contribution in [1.29, 1.82) is 0 Å². The molecule has 1 aromatic heterocycles. The molecular weight excluding hydrogens is 440 g/mol. The summed E-state index contributed by atoms with van der Waals surface area (Å²) in [7, 11) is 0. The van der Waals surface area contributed by atoms with Crippen molar-refractivity contribution in [1.82, 2.24) is 4.57 Å². The molecular formula is C25H24N2O3S2. The summed E-state index contributed by atoms with van der Waals surface area (Å²) in [5.74, 6) is 0.372. The molecule has 32 heavy (non-hydrogen) atoms. The van der Waals surface area contributed by atoms with Gasteiger partial charge in [-0.25, -0.2) is 4.79 Å². The molecule has 0 fully saturated rings. The Bertz CT molecular complexity index is 1350. The van der Waals surface area contributed by atoms with Gasteiger partial charge in [0.1, 0.15) is 0 Å². The van der Waals surface area contributed by atoms with E-state index < -0.39 is 0 Å². The summed E-state index contributed by atoms with van der Waals surface area (Å²) < 4.78 is 8.10. The number of amides is 1. The number of hydrogen-bond donors (Lipinski definition) is 0. The first-order chi connectivity index (χ1) is 15.6. The van der Waals surface area contributed by atoms with Crippen LogP contribution in [-0.4, -0.2) is 35.1 Å². The van der Waals surface area contributed by atoms with E-state index in [2.05, 4.69) is 15.8 Å². The molecule has 4 rings (SSSR count). The molecule has 1 amide bonds. The Hall–Kier alpha value is -2.90. The van der Waals surface area contributed by atoms with Crippen molar-refractivity contribution in [3.05, 3.63) is 76.6 Å². The van der Waals surface area contributed by atoms with Gasteiger partial charge in [0.05, 0.1) is 28.8 Å². The third kappa shape index (κ3) is 4.79. The molecule has 0 saturated heterocycles. The van der Waals surface area contributed by atoms with Gasteiger partial charge in [0.25, 0.3) is 5.91 Å². The summed E-state index contributed by atoms with van der Waals surface area (Å²) in [6, 6.07) is 19.6. The van der Waals surface area contributed by atoms with E-state index in [4.69, 9.17) is 4.74 Å². The first kappa shape index (κ1) is 22.3. The van der Waals surface area contributed by atoms with Crippen molar-refractivity contribution < 1.29 is 14.3 Å². The zero-order valence-corrected chi connectivity index (χ0v) is 19.7. The van der Waals surface area contributed by atoms with E-state index in [1.165, 1.54) is 11.3 Å². The number of aromatic nitrogens is 1. The second-order valence-corrected chi connectivity index (χ2v) is 9.25. The molecule has 0 aliphatic rings. The van der Waals surface area contributed by atoms with Gasteiger partial charge in [-0.1, -0.05) is 53.8 Å². The van der Waals surface area contributed by atoms with Crippen LogP contribution in [0.25, 0.3) is 21.0 Å². The maximum atomic E-state index is 12.9. The van der Waals surface area contributed by atoms with E-state index in [1.54, 1.807) is 24.8 Å². The largest absolute Gasteiger partial charge is 0.462 e. The molecule has 7 heteroatoms. The topological polar surface area (TPSA) is 60.7 Å². The van der Waals surface area contributed by atoms with Gasteiger partial charge in [0, 0.05) is 12.3 Å². The fourth-order valence-electron chi connectivity index (χ4n) is 3.65. The number of aryl methyl sites for hydroxylation is 1. The maximum Gasteiger partial charge on any atom is 0.338 e. The molecule has 0 atom stereocenters. The van der Waals surface area contributed by atoms with Crippen LogP contribution < -0.4 is 4.80 Å². The predicted octanol–water partition coefficient (Wildman–Crippen LogP) is 5.07. The lowest BCUT2D eigenvalue weighted by atomic mass is 10.0. The lowest BCUT2D eigenvalue weighted by molar-refractivity contribution is -0.117. The van der Waals surface area contributed by atoms with E-state index in [0.717, 1.165) is 38.9 Å². The number of esters is 1. The fraction of sp³-hybridized carbons (Fsp3) is 0.240. The minimum atomic E-state index is -0.344. The van der Waals surface area contributed by atoms with Crippen LogP contribution in [-0.2, 0) is 22.5 Å². The molecule has 5 nitrogen and oxygen atoms in total. The molecule has 164 valence electrons. The molecule has 0 aliphatic heterocycles. The number of carbonyl (C=O) groups is 2. The average molecular weight is 465 g/mol. The molecule has 0 N–H and O–H groups in total. The summed E-state index contributed by atoms with van der Waals surface area (Å²) in [4.78, 5) is 30.2. The lowest BCUT2D eigenvalue weighted by Crippen LogP contribution is -2.18. The molecule has 0 spiro atoms. The Labute approximate surface area is 194 Å². The van der Waals surface area contributed by atoms with E-state index in [0.29, 0.717) is 17.0 Å². The number of ether oxygens (including phenoxy) is 1. The van der Waals surface area contributed by atoms with Crippen LogP contribution in [0.5, 0.6) is 0 Å². The first-order valence-corrected chi connectivity index (χ1v) is 12.7. The Balaban J connectivity index is 1.72. The summed E-state index contributed by atoms with van der Waals surface area (Å²) >= 11 is 3.16. The van der Waals surface area contributed by atoms with E-state index in [1.807, 2.05) is 54.6 Å². The summed E-state index contributed by atoms with van der Waals surface area (Å²) in [5, 5.41) is 2.19. The first-order valence-electron chi connectivity index (χ1n) is 10.4. The molecule has 4 aromatic rings. The number of nitrogens with zero attached hydrogens (tertiary/aromatic N) is 2. The van der Waals surface area contributed by atoms with Gasteiger partial charge in [-0.2, -0.15) is 16.8 Å². The number of hydrogen-bond acceptors (Lipinski definition) is 5. The fourth-order valence-corrected chi connectivity index (χ4v) is 5.13. The Morgan fingerprint density at radius 3 is 2.72 bits per heavy atom. The number of rotatable bonds is 7. The maximum absolute atomic E-state index is 12.9. The van der Waals surface area contributed by atoms with Gasteiger partial charge in [-0.3, -0.25) is 4.79 Å². The van der Waals surface area contributed by atoms with E-state index >= 15 is 0 Å². The third-order valence-electron chi connectivity index (χ3n) is 5.15. The Kier molecular flexibility index (Phi) is 7.07. The summed E-state index contributed by atoms with van der Waals surface area (Å²) in [6.45, 7) is 2.86. The second-order valence-electron chi connectivity index (χ2n) is 7.25. The van der Waals surface area contributed by atoms with Crippen molar-refractivity contribution in [3.63, 3.8) is 0 Å². The van der Waals surface area contributed by atoms with Crippen LogP contribution in [0, 0.1) is 0 Å². The van der Waals surface area contributed by atoms with Gasteiger partial charge >= 0.3 is 5.97 Å². The van der Waals surface area contributed by atoms with Gasteiger partial charge in [0.15, 0.2) is 4.80 Å². The standard InChI is InChI=1S/C25H24N2O3S2/c1-3-30-24(29)19-11-12-21-22(15-19)32-25(27(21)13-14-31-2)26-23(28)16-18-9-6-8-17-7-4-5-10-20(17)18/h4-12,15H,3,13-14,16H2,1-2H3. The highest BCUT2D eigenvalue weighted by molar-refractivity contribution is 7.98. The van der Waals surface area contributed by atoms with Gasteiger partial charge in [-0.15, -0.1) is 0 Å². The zero-order chi connectivity index (χ0) is 22.5. The molecule has 0 saturated carbocycles. The molecule has 0 bridgehead atoms. The van der Waals surface area contributed by atoms with Crippen LogP contribution in [0.4, 0.5) is 0 Å². The van der Waals surface area contributed by atoms with Gasteiger partial charge in [0.2, 0.25) is 0 Å². The van der Waals surface area contributed by atoms with Crippen LogP contribution >= 0.6 is 23.1 Å². The van der Waals surface area contributed by atoms with E-state index in [-0.39, 0.29) is 18.3 Å². The number of fused-ring (bicyclic) bond motifs is 2. The zero-order valence-electron chi connectivity index (χ0n) is 18.0. The summed E-state index contributed by atoms with van der Waals surface area (Å²) in [6.07, 6.45) is 2.29. The molecule has 1 heterocycles. The molecule has 0 aliphatic carbocycles. The number of thioether (sulfide) groups is 1. The van der Waals surface area contributed by atoms with Gasteiger partial charge in [-0.05, 0) is 47.7 Å². The molecule has 0 radical (unpaired) electrons. The average Bonchev–Trinajstić information content (AvgIpc) is 3.13. The molecule has 0 unspecified atom stereocenters. The summed E-state index contributed by atoms with van der Waals surface area (Å²) in [5.41, 5.74) is 2.44. The predicted molar refractivity (Wildman–Crippen MR) is 132 cm³/mol. The third-order valence-corrected chi connectivity index (χ3v) is 6.79. The normalized spacial score (nSPS) is 11.9. The van der Waals surface area contributed by atoms with Crippen molar-refractivity contribution in [2.24, 2.45) is 4.99 Å². The highest BCUT2D eigenvalue weighted by atomic mass is 32.2. The Morgan fingerprint density at radius 1 is 1.09 bits per heavy atom. The van der Waals surface area contributed by atoms with Crippen LogP contribution in [0.2, 0.25) is 0 Å². The van der Waals surface area contributed by atoms with Gasteiger partial charge < -0.3 is 9.30 Å². The van der Waals surface area contributed by atoms with Crippen molar-refractivity contribution in [2.75, 3.05) is 18.6 Å². The van der Waals surface area contributed by atoms with E-state index in [9.17, 15) is 9.59 Å². The van der Waals surface area contributed by atoms with Crippen molar-refractivity contribution >= 4 is 56.0 Å². The lowest BCUT2D eigenvalue weighted by Gasteiger charge is -2.06. The highest BCUT2D eigenvalue weighted by Gasteiger charge is 2.13. The minimum Gasteiger partial charge on any atom is -0.462 e. The van der Waals surface area contributed by atoms with Crippen LogP contribution in [0.15, 0.2) is 65.7 Å². The minimum absolute atomic E-state index is 0.184. The number of carbonyl (C=O) groups excluding carboxylic acids is 2. The monoisotopic (exact) mass is 464 g/mol. The van der Waals surface area contributed by atoms with Crippen molar-refractivity contribution in [2.45, 2.75) is 19.9 Å². The smallest absolute Gasteiger partial charge is 0.338 e.